The predicted octanol–water partition coefficient (Wildman–Crippen LogP) is 17.2. The minimum Gasteiger partial charge on any atom is -0.462 e. The molecule has 0 radical (unpaired) electrons. The zero-order valence-corrected chi connectivity index (χ0v) is 45.9. The molecule has 0 rings (SSSR count). The Morgan fingerprint density at radius 2 is 0.710 bits per heavy atom. The minimum atomic E-state index is -4.63. The van der Waals surface area contributed by atoms with Crippen molar-refractivity contribution in [2.45, 2.75) is 309 Å². The Morgan fingerprint density at radius 3 is 1.04 bits per heavy atom. The van der Waals surface area contributed by atoms with Crippen LogP contribution in [0, 0.1) is 0 Å². The van der Waals surface area contributed by atoms with Crippen molar-refractivity contribution in [3.05, 3.63) is 24.3 Å². The number of phosphoric ester groups is 1. The molecule has 0 aliphatic heterocycles. The molecule has 0 saturated carbocycles. The largest absolute Gasteiger partial charge is 0.472 e. The molecular formula is C58H111O10P. The summed E-state index contributed by atoms with van der Waals surface area (Å²) in [7, 11) is -4.63. The molecule has 0 fully saturated rings. The second-order valence-corrected chi connectivity index (χ2v) is 21.5. The highest BCUT2D eigenvalue weighted by Gasteiger charge is 2.27. The van der Waals surface area contributed by atoms with Crippen molar-refractivity contribution in [3.63, 3.8) is 0 Å². The fourth-order valence-electron chi connectivity index (χ4n) is 8.58. The zero-order valence-electron chi connectivity index (χ0n) is 45.1. The van der Waals surface area contributed by atoms with Gasteiger partial charge in [0.15, 0.2) is 6.10 Å². The molecule has 3 N–H and O–H groups in total. The summed E-state index contributed by atoms with van der Waals surface area (Å²) < 4.78 is 33.0. The highest BCUT2D eigenvalue weighted by Crippen LogP contribution is 2.43. The second-order valence-electron chi connectivity index (χ2n) is 20.0. The Morgan fingerprint density at radius 1 is 0.420 bits per heavy atom. The van der Waals surface area contributed by atoms with E-state index < -0.39 is 51.8 Å². The first-order chi connectivity index (χ1) is 33.7. The molecule has 0 aromatic rings. The number of allylic oxidation sites excluding steroid dienone is 4. The lowest BCUT2D eigenvalue weighted by Crippen LogP contribution is -2.29. The smallest absolute Gasteiger partial charge is 0.462 e. The molecule has 0 aromatic heterocycles. The van der Waals surface area contributed by atoms with Crippen LogP contribution in [0.1, 0.15) is 296 Å². The van der Waals surface area contributed by atoms with Crippen LogP contribution in [0.3, 0.4) is 0 Å². The van der Waals surface area contributed by atoms with E-state index >= 15 is 0 Å². The quantitative estimate of drug-likeness (QED) is 0.0233. The average Bonchev–Trinajstić information content (AvgIpc) is 3.34. The molecule has 3 unspecified atom stereocenters. The third kappa shape index (κ3) is 54.1. The number of hydrogen-bond acceptors (Lipinski definition) is 9. The highest BCUT2D eigenvalue weighted by atomic mass is 31.2. The number of hydrogen-bond donors (Lipinski definition) is 3. The third-order valence-electron chi connectivity index (χ3n) is 13.1. The lowest BCUT2D eigenvalue weighted by molar-refractivity contribution is -0.161. The summed E-state index contributed by atoms with van der Waals surface area (Å²) >= 11 is 0. The highest BCUT2D eigenvalue weighted by molar-refractivity contribution is 7.47. The van der Waals surface area contributed by atoms with Crippen LogP contribution < -0.4 is 0 Å². The fraction of sp³-hybridized carbons (Fsp3) is 0.897. The van der Waals surface area contributed by atoms with Gasteiger partial charge in [-0.2, -0.15) is 0 Å². The molecule has 0 saturated heterocycles. The van der Waals surface area contributed by atoms with Crippen molar-refractivity contribution in [2.75, 3.05) is 26.4 Å². The van der Waals surface area contributed by atoms with E-state index in [-0.39, 0.29) is 19.4 Å². The summed E-state index contributed by atoms with van der Waals surface area (Å²) in [5, 5.41) is 18.5. The Labute approximate surface area is 425 Å². The number of carbonyl (C=O) groups excluding carboxylic acids is 2. The summed E-state index contributed by atoms with van der Waals surface area (Å²) in [4.78, 5) is 35.3. The first-order valence-corrected chi connectivity index (χ1v) is 30.8. The van der Waals surface area contributed by atoms with Crippen LogP contribution in [0.5, 0.6) is 0 Å². The van der Waals surface area contributed by atoms with Crippen LogP contribution in [0.2, 0.25) is 0 Å². The van der Waals surface area contributed by atoms with Crippen molar-refractivity contribution >= 4 is 19.8 Å². The van der Waals surface area contributed by atoms with Gasteiger partial charge in [0.1, 0.15) is 12.7 Å². The summed E-state index contributed by atoms with van der Waals surface area (Å²) in [6.07, 6.45) is 60.1. The molecule has 10 nitrogen and oxygen atoms in total. The van der Waals surface area contributed by atoms with Crippen LogP contribution in [0.25, 0.3) is 0 Å². The van der Waals surface area contributed by atoms with E-state index in [1.807, 2.05) is 0 Å². The van der Waals surface area contributed by atoms with Gasteiger partial charge in [0.05, 0.1) is 19.8 Å². The van der Waals surface area contributed by atoms with Gasteiger partial charge in [-0.1, -0.05) is 244 Å². The number of ether oxygens (including phenoxy) is 2. The topological polar surface area (TPSA) is 149 Å². The fourth-order valence-corrected chi connectivity index (χ4v) is 9.36. The van der Waals surface area contributed by atoms with Crippen LogP contribution >= 0.6 is 7.82 Å². The Hall–Kier alpha value is -1.55. The lowest BCUT2D eigenvalue weighted by Gasteiger charge is -2.20. The molecule has 408 valence electrons. The number of phosphoric acid groups is 1. The maximum Gasteiger partial charge on any atom is 0.472 e. The van der Waals surface area contributed by atoms with Crippen LogP contribution in [-0.4, -0.2) is 65.7 Å². The van der Waals surface area contributed by atoms with Gasteiger partial charge < -0.3 is 24.6 Å². The predicted molar refractivity (Wildman–Crippen MR) is 288 cm³/mol. The second kappa shape index (κ2) is 54.2. The van der Waals surface area contributed by atoms with E-state index in [1.165, 1.54) is 218 Å². The van der Waals surface area contributed by atoms with Crippen molar-refractivity contribution in [2.24, 2.45) is 0 Å². The number of aliphatic hydroxyl groups excluding tert-OH is 2. The van der Waals surface area contributed by atoms with Gasteiger partial charge in [0.25, 0.3) is 0 Å². The molecule has 0 aliphatic rings. The average molecular weight is 999 g/mol. The number of esters is 2. The Balaban J connectivity index is 4.07. The summed E-state index contributed by atoms with van der Waals surface area (Å²) in [6, 6.07) is 0. The Bertz CT molecular complexity index is 1200. The third-order valence-corrected chi connectivity index (χ3v) is 14.0. The van der Waals surface area contributed by atoms with E-state index in [2.05, 4.69) is 38.2 Å². The molecule has 0 aliphatic carbocycles. The molecule has 0 heterocycles. The molecule has 0 amide bonds. The van der Waals surface area contributed by atoms with Crippen LogP contribution in [0.15, 0.2) is 24.3 Å². The molecule has 0 spiro atoms. The first kappa shape index (κ1) is 67.5. The number of aliphatic hydroxyl groups is 2. The maximum absolute atomic E-state index is 12.7. The van der Waals surface area contributed by atoms with Gasteiger partial charge in [0.2, 0.25) is 0 Å². The number of unbranched alkanes of at least 4 members (excludes halogenated alkanes) is 38. The van der Waals surface area contributed by atoms with Gasteiger partial charge in [-0.25, -0.2) is 4.57 Å². The van der Waals surface area contributed by atoms with Crippen LogP contribution in [-0.2, 0) is 32.7 Å². The Kier molecular flexibility index (Phi) is 53.0. The van der Waals surface area contributed by atoms with Gasteiger partial charge in [-0.3, -0.25) is 18.6 Å². The number of carbonyl (C=O) groups is 2. The summed E-state index contributed by atoms with van der Waals surface area (Å²) in [5.74, 6) is -0.910. The van der Waals surface area contributed by atoms with E-state index in [0.29, 0.717) is 12.8 Å². The normalized spacial score (nSPS) is 13.6. The maximum atomic E-state index is 12.7. The summed E-state index contributed by atoms with van der Waals surface area (Å²) in [6.45, 7) is 2.45. The van der Waals surface area contributed by atoms with Crippen molar-refractivity contribution in [3.8, 4) is 0 Å². The van der Waals surface area contributed by atoms with Crippen molar-refractivity contribution in [1.82, 2.24) is 0 Å². The molecule has 69 heavy (non-hydrogen) atoms. The molecule has 3 atom stereocenters. The van der Waals surface area contributed by atoms with Gasteiger partial charge >= 0.3 is 19.8 Å². The van der Waals surface area contributed by atoms with E-state index in [9.17, 15) is 24.2 Å². The molecular weight excluding hydrogens is 888 g/mol. The van der Waals surface area contributed by atoms with Crippen LogP contribution in [0.4, 0.5) is 0 Å². The van der Waals surface area contributed by atoms with Crippen molar-refractivity contribution in [1.29, 1.82) is 0 Å². The minimum absolute atomic E-state index is 0.187. The van der Waals surface area contributed by atoms with Gasteiger partial charge in [-0.05, 0) is 64.2 Å². The first-order valence-electron chi connectivity index (χ1n) is 29.3. The molecule has 0 aromatic carbocycles. The zero-order chi connectivity index (χ0) is 50.4. The molecule has 11 heteroatoms. The van der Waals surface area contributed by atoms with E-state index in [4.69, 9.17) is 23.6 Å². The summed E-state index contributed by atoms with van der Waals surface area (Å²) in [5.41, 5.74) is 0. The number of rotatable bonds is 56. The molecule has 0 bridgehead atoms. The van der Waals surface area contributed by atoms with E-state index in [1.54, 1.807) is 0 Å². The van der Waals surface area contributed by atoms with Gasteiger partial charge in [0, 0.05) is 12.8 Å². The lowest BCUT2D eigenvalue weighted by atomic mass is 10.0. The van der Waals surface area contributed by atoms with Crippen molar-refractivity contribution < 1.29 is 47.8 Å². The van der Waals surface area contributed by atoms with E-state index in [0.717, 1.165) is 38.5 Å². The monoisotopic (exact) mass is 999 g/mol. The standard InChI is InChI=1S/C58H111O10P/c1-3-5-7-9-11-13-15-17-19-21-23-25-27-29-31-33-35-37-39-41-43-45-47-49-57(61)65-53-56(54-67-69(63,64)66-52-55(60)51-59)68-58(62)50-48-46-44-42-40-38-36-34-32-30-28-26-24-22-20-18-16-14-12-10-8-6-4-2/h21-24,55-56,59-60H,3-20,25-54H2,1-2H3,(H,63,64)/b23-21-,24-22-. The SMILES string of the molecule is CCCCCCCCCC/C=C\CCCCCCCCCCCCCC(=O)OCC(COP(=O)(O)OCC(O)CO)OC(=O)CCCCCCCCCCCCC/C=C\CCCCCCCCCC. The van der Waals surface area contributed by atoms with Gasteiger partial charge in [-0.15, -0.1) is 0 Å².